The van der Waals surface area contributed by atoms with Crippen LogP contribution in [0.25, 0.3) is 0 Å². The topological polar surface area (TPSA) is 15.7 Å². The van der Waals surface area contributed by atoms with E-state index in [2.05, 4.69) is 20.8 Å². The number of benzene rings is 1. The highest BCUT2D eigenvalue weighted by Gasteiger charge is 2.39. The zero-order chi connectivity index (χ0) is 15.5. The van der Waals surface area contributed by atoms with E-state index in [0.717, 1.165) is 11.4 Å². The average Bonchev–Trinajstić information content (AvgIpc) is 2.47. The van der Waals surface area contributed by atoms with Crippen molar-refractivity contribution in [2.75, 3.05) is 44.7 Å². The number of ether oxygens (including phenoxy) is 1. The molecule has 0 bridgehead atoms. The molecule has 1 unspecified atom stereocenters. The minimum absolute atomic E-state index is 0.0107. The normalized spacial score (nSPS) is 18.6. The van der Waals surface area contributed by atoms with Gasteiger partial charge >= 0.3 is 6.18 Å². The molecule has 0 amide bonds. The maximum atomic E-state index is 12.5. The first-order valence-electron chi connectivity index (χ1n) is 6.73. The van der Waals surface area contributed by atoms with Gasteiger partial charge in [-0.1, -0.05) is 28.1 Å². The number of anilines is 1. The number of nitrogens with zero attached hydrogens (tertiary/aromatic N) is 2. The molecule has 0 saturated carbocycles. The lowest BCUT2D eigenvalue weighted by Gasteiger charge is -2.37. The van der Waals surface area contributed by atoms with Crippen LogP contribution in [-0.4, -0.2) is 55.7 Å². The summed E-state index contributed by atoms with van der Waals surface area (Å²) in [6.45, 7) is 2.59. The number of alkyl halides is 4. The smallest absolute Gasteiger partial charge is 0.402 e. The van der Waals surface area contributed by atoms with Crippen molar-refractivity contribution < 1.29 is 17.9 Å². The molecule has 1 aliphatic heterocycles. The van der Waals surface area contributed by atoms with Crippen molar-refractivity contribution in [3.63, 3.8) is 0 Å². The molecule has 2 rings (SSSR count). The average molecular weight is 367 g/mol. The quantitative estimate of drug-likeness (QED) is 0.761. The molecule has 1 heterocycles. The second kappa shape index (κ2) is 6.87. The van der Waals surface area contributed by atoms with Crippen LogP contribution in [0.1, 0.15) is 0 Å². The van der Waals surface area contributed by atoms with Crippen molar-refractivity contribution in [3.8, 4) is 5.75 Å². The number of methoxy groups -OCH3 is 1. The Bertz CT molecular complexity index is 462. The number of hydrogen-bond donors (Lipinski definition) is 0. The van der Waals surface area contributed by atoms with Crippen molar-refractivity contribution in [2.24, 2.45) is 0 Å². The van der Waals surface area contributed by atoms with Gasteiger partial charge in [-0.05, 0) is 12.1 Å². The molecule has 1 aromatic carbocycles. The van der Waals surface area contributed by atoms with Gasteiger partial charge in [0.2, 0.25) is 0 Å². The molecule has 1 atom stereocenters. The van der Waals surface area contributed by atoms with E-state index in [9.17, 15) is 13.2 Å². The number of hydrogen-bond acceptors (Lipinski definition) is 3. The van der Waals surface area contributed by atoms with Crippen molar-refractivity contribution >= 4 is 21.6 Å². The summed E-state index contributed by atoms with van der Waals surface area (Å²) >= 11 is 2.72. The molecule has 0 aromatic heterocycles. The predicted molar refractivity (Wildman–Crippen MR) is 80.4 cm³/mol. The van der Waals surface area contributed by atoms with Crippen LogP contribution in [0, 0.1) is 0 Å². The maximum Gasteiger partial charge on any atom is 0.402 e. The highest BCUT2D eigenvalue weighted by molar-refractivity contribution is 9.09. The van der Waals surface area contributed by atoms with Gasteiger partial charge in [0.1, 0.15) is 10.6 Å². The third-order valence-corrected chi connectivity index (χ3v) is 4.38. The lowest BCUT2D eigenvalue weighted by atomic mass is 10.2. The second-order valence-corrected chi connectivity index (χ2v) is 6.07. The Labute approximate surface area is 130 Å². The Hall–Kier alpha value is -0.950. The van der Waals surface area contributed by atoms with E-state index < -0.39 is 11.0 Å². The summed E-state index contributed by atoms with van der Waals surface area (Å²) in [6, 6.07) is 7.69. The SMILES string of the molecule is COc1ccccc1N1CCN(CC(Br)C(F)(F)F)CC1. The summed E-state index contributed by atoms with van der Waals surface area (Å²) in [5.74, 6) is 0.791. The molecule has 1 fully saturated rings. The fourth-order valence-electron chi connectivity index (χ4n) is 2.39. The van der Waals surface area contributed by atoms with E-state index in [0.29, 0.717) is 26.2 Å². The third-order valence-electron chi connectivity index (χ3n) is 3.57. The monoisotopic (exact) mass is 366 g/mol. The minimum Gasteiger partial charge on any atom is -0.495 e. The molecule has 1 aromatic rings. The number of halogens is 4. The molecule has 118 valence electrons. The van der Waals surface area contributed by atoms with E-state index >= 15 is 0 Å². The molecule has 1 aliphatic rings. The standard InChI is InChI=1S/C14H18BrF3N2O/c1-21-12-5-3-2-4-11(12)20-8-6-19(7-9-20)10-13(15)14(16,17)18/h2-5,13H,6-10H2,1H3. The Morgan fingerprint density at radius 1 is 1.19 bits per heavy atom. The van der Waals surface area contributed by atoms with Gasteiger partial charge in [0.15, 0.2) is 0 Å². The van der Waals surface area contributed by atoms with Crippen molar-refractivity contribution in [2.45, 2.75) is 11.0 Å². The Kier molecular flexibility index (Phi) is 5.37. The maximum absolute atomic E-state index is 12.5. The molecular formula is C14H18BrF3N2O. The molecule has 21 heavy (non-hydrogen) atoms. The molecular weight excluding hydrogens is 349 g/mol. The van der Waals surface area contributed by atoms with E-state index in [4.69, 9.17) is 4.74 Å². The van der Waals surface area contributed by atoms with Gasteiger partial charge in [-0.2, -0.15) is 13.2 Å². The molecule has 0 spiro atoms. The zero-order valence-corrected chi connectivity index (χ0v) is 13.3. The molecule has 0 N–H and O–H groups in total. The molecule has 0 aliphatic carbocycles. The van der Waals surface area contributed by atoms with Crippen LogP contribution in [0.15, 0.2) is 24.3 Å². The van der Waals surface area contributed by atoms with Crippen molar-refractivity contribution in [3.05, 3.63) is 24.3 Å². The second-order valence-electron chi connectivity index (χ2n) is 4.97. The minimum atomic E-state index is -4.19. The fourth-order valence-corrected chi connectivity index (χ4v) is 2.80. The molecule has 7 heteroatoms. The summed E-state index contributed by atoms with van der Waals surface area (Å²) in [7, 11) is 1.62. The van der Waals surface area contributed by atoms with Crippen LogP contribution in [0.2, 0.25) is 0 Å². The first-order chi connectivity index (χ1) is 9.91. The zero-order valence-electron chi connectivity index (χ0n) is 11.7. The summed E-state index contributed by atoms with van der Waals surface area (Å²) in [4.78, 5) is 2.51. The van der Waals surface area contributed by atoms with Crippen molar-refractivity contribution in [1.82, 2.24) is 4.90 Å². The fraction of sp³-hybridized carbons (Fsp3) is 0.571. The Balaban J connectivity index is 1.91. The summed E-state index contributed by atoms with van der Waals surface area (Å²) in [5.41, 5.74) is 0.992. The Morgan fingerprint density at radius 3 is 2.38 bits per heavy atom. The van der Waals surface area contributed by atoms with E-state index in [1.807, 2.05) is 29.2 Å². The van der Waals surface area contributed by atoms with E-state index in [-0.39, 0.29) is 6.54 Å². The number of piperazine rings is 1. The Morgan fingerprint density at radius 2 is 1.81 bits per heavy atom. The number of rotatable bonds is 4. The summed E-state index contributed by atoms with van der Waals surface area (Å²) in [6.07, 6.45) is -4.19. The van der Waals surface area contributed by atoms with Gasteiger partial charge < -0.3 is 9.64 Å². The van der Waals surface area contributed by atoms with Gasteiger partial charge in [0.05, 0.1) is 12.8 Å². The van der Waals surface area contributed by atoms with E-state index in [1.54, 1.807) is 7.11 Å². The molecule has 1 saturated heterocycles. The first kappa shape index (κ1) is 16.4. The lowest BCUT2D eigenvalue weighted by molar-refractivity contribution is -0.130. The van der Waals surface area contributed by atoms with Gasteiger partial charge in [0.25, 0.3) is 0 Å². The van der Waals surface area contributed by atoms with Gasteiger partial charge in [0, 0.05) is 32.7 Å². The van der Waals surface area contributed by atoms with Gasteiger partial charge in [-0.25, -0.2) is 0 Å². The highest BCUT2D eigenvalue weighted by Crippen LogP contribution is 2.30. The van der Waals surface area contributed by atoms with Crippen LogP contribution in [0.5, 0.6) is 5.75 Å². The van der Waals surface area contributed by atoms with Crippen LogP contribution in [0.3, 0.4) is 0 Å². The predicted octanol–water partition coefficient (Wildman–Crippen LogP) is 3.14. The number of para-hydroxylation sites is 2. The van der Waals surface area contributed by atoms with E-state index in [1.165, 1.54) is 0 Å². The first-order valence-corrected chi connectivity index (χ1v) is 7.64. The molecule has 3 nitrogen and oxygen atoms in total. The van der Waals surface area contributed by atoms with Gasteiger partial charge in [-0.3, -0.25) is 4.90 Å². The third kappa shape index (κ3) is 4.26. The van der Waals surface area contributed by atoms with Crippen LogP contribution in [-0.2, 0) is 0 Å². The van der Waals surface area contributed by atoms with Gasteiger partial charge in [-0.15, -0.1) is 0 Å². The van der Waals surface area contributed by atoms with Crippen molar-refractivity contribution in [1.29, 1.82) is 0 Å². The van der Waals surface area contributed by atoms with Crippen LogP contribution >= 0.6 is 15.9 Å². The summed E-state index contributed by atoms with van der Waals surface area (Å²) in [5, 5.41) is 0. The van der Waals surface area contributed by atoms with Crippen LogP contribution in [0.4, 0.5) is 18.9 Å². The summed E-state index contributed by atoms with van der Waals surface area (Å²) < 4.78 is 43.0. The largest absolute Gasteiger partial charge is 0.495 e. The highest BCUT2D eigenvalue weighted by atomic mass is 79.9. The molecule has 0 radical (unpaired) electrons. The lowest BCUT2D eigenvalue weighted by Crippen LogP contribution is -2.49. The van der Waals surface area contributed by atoms with Crippen LogP contribution < -0.4 is 9.64 Å².